The molecule has 1 fully saturated rings. The number of urea groups is 1. The number of hydrogen-bond donors (Lipinski definition) is 1. The van der Waals surface area contributed by atoms with Crippen LogP contribution in [0.15, 0.2) is 59.8 Å². The molecule has 0 aromatic heterocycles. The van der Waals surface area contributed by atoms with Crippen molar-refractivity contribution in [1.29, 1.82) is 0 Å². The zero-order valence-corrected chi connectivity index (χ0v) is 21.7. The Morgan fingerprint density at radius 3 is 2.42 bits per heavy atom. The average Bonchev–Trinajstić information content (AvgIpc) is 2.89. The van der Waals surface area contributed by atoms with E-state index in [9.17, 15) is 23.2 Å². The molecule has 1 N–H and O–H groups in total. The largest absolute Gasteiger partial charge is 0.463 e. The quantitative estimate of drug-likeness (QED) is 0.557. The van der Waals surface area contributed by atoms with Crippen molar-refractivity contribution in [1.82, 2.24) is 20.0 Å². The van der Waals surface area contributed by atoms with Crippen LogP contribution in [-0.4, -0.2) is 78.0 Å². The number of rotatable bonds is 7. The van der Waals surface area contributed by atoms with Crippen LogP contribution in [0, 0.1) is 11.6 Å². The highest BCUT2D eigenvalue weighted by Gasteiger charge is 2.39. The Bertz CT molecular complexity index is 1230. The fourth-order valence-electron chi connectivity index (χ4n) is 5.04. The van der Waals surface area contributed by atoms with Crippen molar-refractivity contribution in [3.8, 4) is 0 Å². The van der Waals surface area contributed by atoms with E-state index in [2.05, 4.69) is 10.2 Å². The molecule has 3 amide bonds. The van der Waals surface area contributed by atoms with E-state index in [1.54, 1.807) is 17.9 Å². The van der Waals surface area contributed by atoms with Gasteiger partial charge in [0.05, 0.1) is 18.2 Å². The predicted octanol–water partition coefficient (Wildman–Crippen LogP) is 3.71. The number of ether oxygens (including phenoxy) is 1. The predicted molar refractivity (Wildman–Crippen MR) is 137 cm³/mol. The number of nitrogens with zero attached hydrogens (tertiary/aromatic N) is 3. The normalized spacial score (nSPS) is 20.4. The summed E-state index contributed by atoms with van der Waals surface area (Å²) in [7, 11) is 0. The molecule has 38 heavy (non-hydrogen) atoms. The first-order chi connectivity index (χ1) is 18.2. The van der Waals surface area contributed by atoms with Gasteiger partial charge in [-0.25, -0.2) is 18.4 Å². The van der Waals surface area contributed by atoms with Crippen molar-refractivity contribution in [2.75, 3.05) is 39.3 Å². The van der Waals surface area contributed by atoms with E-state index in [0.29, 0.717) is 48.6 Å². The van der Waals surface area contributed by atoms with E-state index in [1.807, 2.05) is 13.8 Å². The lowest BCUT2D eigenvalue weighted by Crippen LogP contribution is -2.56. The van der Waals surface area contributed by atoms with Crippen LogP contribution in [-0.2, 0) is 9.53 Å². The summed E-state index contributed by atoms with van der Waals surface area (Å²) in [5.74, 6) is -1.69. The molecule has 1 saturated heterocycles. The Labute approximate surface area is 220 Å². The van der Waals surface area contributed by atoms with E-state index in [1.165, 1.54) is 47.4 Å². The van der Waals surface area contributed by atoms with E-state index >= 15 is 0 Å². The van der Waals surface area contributed by atoms with Gasteiger partial charge < -0.3 is 15.0 Å². The number of piperazine rings is 1. The summed E-state index contributed by atoms with van der Waals surface area (Å²) in [6.07, 6.45) is 0. The average molecular weight is 527 g/mol. The summed E-state index contributed by atoms with van der Waals surface area (Å²) in [4.78, 5) is 44.6. The van der Waals surface area contributed by atoms with Crippen LogP contribution >= 0.6 is 0 Å². The number of hydrogen-bond acceptors (Lipinski definition) is 5. The maximum absolute atomic E-state index is 13.7. The summed E-state index contributed by atoms with van der Waals surface area (Å²) in [5.41, 5.74) is 1.67. The number of carbonyl (C=O) groups excluding carboxylic acids is 3. The van der Waals surface area contributed by atoms with Gasteiger partial charge in [0.1, 0.15) is 11.6 Å². The van der Waals surface area contributed by atoms with Crippen molar-refractivity contribution in [3.63, 3.8) is 0 Å². The molecule has 0 spiro atoms. The number of halogens is 2. The molecule has 0 bridgehead atoms. The molecular weight excluding hydrogens is 494 g/mol. The molecule has 10 heteroatoms. The minimum Gasteiger partial charge on any atom is -0.463 e. The molecular formula is C28H32F2N4O4. The summed E-state index contributed by atoms with van der Waals surface area (Å²) in [5, 5.41) is 2.87. The second kappa shape index (κ2) is 11.7. The van der Waals surface area contributed by atoms with Crippen molar-refractivity contribution < 1.29 is 27.9 Å². The number of likely N-dealkylation sites (N-methyl/N-ethyl adjacent to an activating group) is 1. The van der Waals surface area contributed by atoms with Crippen LogP contribution in [0.2, 0.25) is 0 Å². The Morgan fingerprint density at radius 1 is 1.05 bits per heavy atom. The second-order valence-corrected chi connectivity index (χ2v) is 9.35. The van der Waals surface area contributed by atoms with E-state index in [-0.39, 0.29) is 31.1 Å². The van der Waals surface area contributed by atoms with Crippen molar-refractivity contribution in [2.24, 2.45) is 0 Å². The van der Waals surface area contributed by atoms with Gasteiger partial charge in [-0.05, 0) is 56.7 Å². The first kappa shape index (κ1) is 27.3. The Balaban J connectivity index is 1.62. The third kappa shape index (κ3) is 5.70. The topological polar surface area (TPSA) is 82.2 Å². The number of benzene rings is 2. The molecule has 8 nitrogen and oxygen atoms in total. The van der Waals surface area contributed by atoms with Gasteiger partial charge in [-0.3, -0.25) is 14.6 Å². The minimum absolute atomic E-state index is 0.156. The van der Waals surface area contributed by atoms with E-state index < -0.39 is 23.6 Å². The Morgan fingerprint density at radius 2 is 1.79 bits per heavy atom. The molecule has 202 valence electrons. The van der Waals surface area contributed by atoms with Gasteiger partial charge in [0.2, 0.25) is 0 Å². The number of amides is 3. The van der Waals surface area contributed by atoms with Crippen molar-refractivity contribution in [2.45, 2.75) is 32.9 Å². The molecule has 2 atom stereocenters. The molecule has 2 aromatic rings. The molecule has 0 unspecified atom stereocenters. The highest BCUT2D eigenvalue weighted by molar-refractivity contribution is 5.95. The Kier molecular flexibility index (Phi) is 8.41. The van der Waals surface area contributed by atoms with E-state index in [0.717, 1.165) is 0 Å². The van der Waals surface area contributed by atoms with Gasteiger partial charge >= 0.3 is 12.0 Å². The van der Waals surface area contributed by atoms with Gasteiger partial charge in [0.25, 0.3) is 5.91 Å². The van der Waals surface area contributed by atoms with Gasteiger partial charge in [0.15, 0.2) is 0 Å². The van der Waals surface area contributed by atoms with Crippen LogP contribution in [0.25, 0.3) is 0 Å². The molecule has 0 saturated carbocycles. The van der Waals surface area contributed by atoms with Gasteiger partial charge in [-0.2, -0.15) is 0 Å². The molecule has 2 aliphatic rings. The van der Waals surface area contributed by atoms with Crippen LogP contribution in [0.5, 0.6) is 0 Å². The first-order valence-corrected chi connectivity index (χ1v) is 12.8. The molecule has 0 aliphatic carbocycles. The van der Waals surface area contributed by atoms with Crippen LogP contribution in [0.1, 0.15) is 42.7 Å². The van der Waals surface area contributed by atoms with E-state index in [4.69, 9.17) is 4.74 Å². The summed E-state index contributed by atoms with van der Waals surface area (Å²) in [6, 6.07) is 9.93. The maximum atomic E-state index is 13.7. The fraction of sp³-hybridized carbons (Fsp3) is 0.393. The highest BCUT2D eigenvalue weighted by atomic mass is 19.1. The van der Waals surface area contributed by atoms with Crippen LogP contribution in [0.3, 0.4) is 0 Å². The third-order valence-electron chi connectivity index (χ3n) is 6.87. The second-order valence-electron chi connectivity index (χ2n) is 9.35. The number of nitrogens with one attached hydrogen (secondary N) is 1. The lowest BCUT2D eigenvalue weighted by Gasteiger charge is -2.43. The van der Waals surface area contributed by atoms with Crippen LogP contribution < -0.4 is 5.32 Å². The van der Waals surface area contributed by atoms with Crippen molar-refractivity contribution in [3.05, 3.63) is 82.6 Å². The molecule has 4 rings (SSSR count). The van der Waals surface area contributed by atoms with Crippen LogP contribution in [0.4, 0.5) is 13.6 Å². The lowest BCUT2D eigenvalue weighted by atomic mass is 9.94. The van der Waals surface area contributed by atoms with Gasteiger partial charge in [-0.15, -0.1) is 0 Å². The standard InChI is InChI=1S/C28H32F2N4O4/c1-4-33-23(17-32-13-14-34(18(3)16-32)26(35)20-7-6-8-22(30)15-20)24(27(36)38-5-2)25(31-28(33)37)19-9-11-21(29)12-10-19/h6-12,15,18,25H,4-5,13-14,16-17H2,1-3H3,(H,31,37)/t18-,25-/m1/s1. The highest BCUT2D eigenvalue weighted by Crippen LogP contribution is 2.32. The smallest absolute Gasteiger partial charge is 0.338 e. The molecule has 2 aliphatic heterocycles. The third-order valence-corrected chi connectivity index (χ3v) is 6.87. The molecule has 2 heterocycles. The zero-order valence-electron chi connectivity index (χ0n) is 21.7. The number of esters is 1. The fourth-order valence-corrected chi connectivity index (χ4v) is 5.04. The van der Waals surface area contributed by atoms with Gasteiger partial charge in [0, 0.05) is 50.0 Å². The van der Waals surface area contributed by atoms with Crippen molar-refractivity contribution >= 4 is 17.9 Å². The summed E-state index contributed by atoms with van der Waals surface area (Å²) >= 11 is 0. The first-order valence-electron chi connectivity index (χ1n) is 12.8. The molecule has 0 radical (unpaired) electrons. The number of carbonyl (C=O) groups is 3. The zero-order chi connectivity index (χ0) is 27.4. The monoisotopic (exact) mass is 526 g/mol. The Hall–Kier alpha value is -3.79. The summed E-state index contributed by atoms with van der Waals surface area (Å²) in [6.45, 7) is 7.58. The SMILES string of the molecule is CCOC(=O)C1=C(CN2CCN(C(=O)c3cccc(F)c3)[C@H](C)C2)N(CC)C(=O)N[C@@H]1c1ccc(F)cc1. The molecule has 2 aromatic carbocycles. The van der Waals surface area contributed by atoms with Gasteiger partial charge in [-0.1, -0.05) is 18.2 Å². The summed E-state index contributed by atoms with van der Waals surface area (Å²) < 4.78 is 32.7. The minimum atomic E-state index is -0.798. The maximum Gasteiger partial charge on any atom is 0.338 e. The lowest BCUT2D eigenvalue weighted by molar-refractivity contribution is -0.139.